The van der Waals surface area contributed by atoms with E-state index >= 15 is 0 Å². The Labute approximate surface area is 220 Å². The van der Waals surface area contributed by atoms with Gasteiger partial charge >= 0.3 is 6.03 Å². The van der Waals surface area contributed by atoms with Gasteiger partial charge in [0.05, 0.1) is 18.0 Å². The lowest BCUT2D eigenvalue weighted by Crippen LogP contribution is -2.42. The second-order valence-electron chi connectivity index (χ2n) is 10.6. The molecule has 0 aliphatic rings. The number of carbonyl (C=O) groups is 2. The molecule has 0 unspecified atom stereocenters. The molecule has 1 aromatic heterocycles. The molecule has 0 bridgehead atoms. The number of methoxy groups -OCH3 is 1. The van der Waals surface area contributed by atoms with Crippen molar-refractivity contribution in [2.45, 2.75) is 52.9 Å². The fraction of sp³-hybridized carbons (Fsp3) is 0.414. The smallest absolute Gasteiger partial charge is 0.322 e. The molecule has 198 valence electrons. The second kappa shape index (κ2) is 12.1. The Hall–Kier alpha value is -3.65. The molecule has 0 radical (unpaired) electrons. The van der Waals surface area contributed by atoms with Crippen molar-refractivity contribution >= 4 is 23.4 Å². The standard InChI is InChI=1S/C29H39N5O3/c1-20(2)22-10-12-23(13-11-22)30-28(36)33(16-17-37-7)19-27(35)31-26-18-25(29(4,5)6)32-34(26)24-14-8-21(3)9-15-24/h8-15,18,20H,16-17,19H2,1-7H3,(H,30,36)(H,31,35). The molecule has 0 saturated heterocycles. The third kappa shape index (κ3) is 7.67. The number of ether oxygens (including phenoxy) is 1. The summed E-state index contributed by atoms with van der Waals surface area (Å²) in [6.07, 6.45) is 0. The third-order valence-electron chi connectivity index (χ3n) is 6.04. The molecule has 0 spiro atoms. The van der Waals surface area contributed by atoms with Crippen molar-refractivity contribution in [1.29, 1.82) is 0 Å². The van der Waals surface area contributed by atoms with E-state index in [1.807, 2.05) is 61.5 Å². The van der Waals surface area contributed by atoms with E-state index in [9.17, 15) is 9.59 Å². The van der Waals surface area contributed by atoms with E-state index in [1.165, 1.54) is 10.5 Å². The van der Waals surface area contributed by atoms with Crippen molar-refractivity contribution in [1.82, 2.24) is 14.7 Å². The number of aromatic nitrogens is 2. The second-order valence-corrected chi connectivity index (χ2v) is 10.6. The number of amides is 3. The molecule has 8 heteroatoms. The van der Waals surface area contributed by atoms with Crippen LogP contribution in [0.3, 0.4) is 0 Å². The average molecular weight is 506 g/mol. The quantitative estimate of drug-likeness (QED) is 0.389. The van der Waals surface area contributed by atoms with Gasteiger partial charge in [-0.15, -0.1) is 0 Å². The molecule has 1 heterocycles. The Kier molecular flexibility index (Phi) is 9.10. The lowest BCUT2D eigenvalue weighted by Gasteiger charge is -2.22. The van der Waals surface area contributed by atoms with Gasteiger partial charge in [-0.2, -0.15) is 5.10 Å². The van der Waals surface area contributed by atoms with Gasteiger partial charge in [0, 0.05) is 30.8 Å². The molecule has 0 atom stereocenters. The number of carbonyl (C=O) groups excluding carboxylic acids is 2. The van der Waals surface area contributed by atoms with Crippen molar-refractivity contribution in [3.8, 4) is 5.69 Å². The summed E-state index contributed by atoms with van der Waals surface area (Å²) in [6, 6.07) is 17.2. The van der Waals surface area contributed by atoms with Crippen LogP contribution in [0.5, 0.6) is 0 Å². The number of aryl methyl sites for hydroxylation is 1. The van der Waals surface area contributed by atoms with Gasteiger partial charge in [0.15, 0.2) is 0 Å². The number of nitrogens with one attached hydrogen (secondary N) is 2. The number of nitrogens with zero attached hydrogens (tertiary/aromatic N) is 3. The van der Waals surface area contributed by atoms with Crippen LogP contribution in [0.1, 0.15) is 57.4 Å². The van der Waals surface area contributed by atoms with Gasteiger partial charge in [-0.05, 0) is 42.7 Å². The summed E-state index contributed by atoms with van der Waals surface area (Å²) in [5, 5.41) is 10.6. The van der Waals surface area contributed by atoms with Gasteiger partial charge in [0.1, 0.15) is 12.4 Å². The minimum Gasteiger partial charge on any atom is -0.383 e. The van der Waals surface area contributed by atoms with Crippen molar-refractivity contribution in [2.24, 2.45) is 0 Å². The predicted molar refractivity (Wildman–Crippen MR) is 149 cm³/mol. The highest BCUT2D eigenvalue weighted by Crippen LogP contribution is 2.26. The zero-order valence-electron chi connectivity index (χ0n) is 23.0. The number of anilines is 2. The van der Waals surface area contributed by atoms with E-state index in [4.69, 9.17) is 9.84 Å². The van der Waals surface area contributed by atoms with E-state index in [0.717, 1.165) is 16.9 Å². The van der Waals surface area contributed by atoms with E-state index in [0.29, 0.717) is 24.0 Å². The topological polar surface area (TPSA) is 88.5 Å². The lowest BCUT2D eigenvalue weighted by molar-refractivity contribution is -0.116. The van der Waals surface area contributed by atoms with Crippen molar-refractivity contribution in [3.05, 3.63) is 71.4 Å². The Balaban J connectivity index is 1.77. The number of hydrogen-bond acceptors (Lipinski definition) is 4. The van der Waals surface area contributed by atoms with Crippen LogP contribution in [0.4, 0.5) is 16.3 Å². The highest BCUT2D eigenvalue weighted by molar-refractivity contribution is 5.96. The first-order chi connectivity index (χ1) is 17.5. The maximum absolute atomic E-state index is 13.1. The molecule has 2 N–H and O–H groups in total. The molecular weight excluding hydrogens is 466 g/mol. The van der Waals surface area contributed by atoms with Crippen molar-refractivity contribution in [2.75, 3.05) is 37.4 Å². The molecular formula is C29H39N5O3. The minimum atomic E-state index is -0.369. The zero-order chi connectivity index (χ0) is 27.2. The van der Waals surface area contributed by atoms with E-state index in [1.54, 1.807) is 11.8 Å². The molecule has 2 aromatic carbocycles. The Morgan fingerprint density at radius 3 is 2.24 bits per heavy atom. The average Bonchev–Trinajstić information content (AvgIpc) is 3.26. The SMILES string of the molecule is COCCN(CC(=O)Nc1cc(C(C)(C)C)nn1-c1ccc(C)cc1)C(=O)Nc1ccc(C(C)C)cc1. The van der Waals surface area contributed by atoms with Crippen molar-refractivity contribution < 1.29 is 14.3 Å². The van der Waals surface area contributed by atoms with Gasteiger partial charge in [-0.25, -0.2) is 9.48 Å². The summed E-state index contributed by atoms with van der Waals surface area (Å²) in [5.41, 5.74) is 4.48. The van der Waals surface area contributed by atoms with Gasteiger partial charge < -0.3 is 20.3 Å². The van der Waals surface area contributed by atoms with Gasteiger partial charge in [-0.3, -0.25) is 4.79 Å². The van der Waals surface area contributed by atoms with Crippen LogP contribution < -0.4 is 10.6 Å². The van der Waals surface area contributed by atoms with Crippen LogP contribution in [-0.2, 0) is 14.9 Å². The molecule has 8 nitrogen and oxygen atoms in total. The van der Waals surface area contributed by atoms with Crippen molar-refractivity contribution in [3.63, 3.8) is 0 Å². The number of rotatable bonds is 9. The molecule has 0 aliphatic carbocycles. The summed E-state index contributed by atoms with van der Waals surface area (Å²) in [5.74, 6) is 0.629. The summed E-state index contributed by atoms with van der Waals surface area (Å²) in [4.78, 5) is 27.6. The van der Waals surface area contributed by atoms with Crippen LogP contribution in [-0.4, -0.2) is 53.4 Å². The predicted octanol–water partition coefficient (Wildman–Crippen LogP) is 5.72. The maximum Gasteiger partial charge on any atom is 0.322 e. The summed E-state index contributed by atoms with van der Waals surface area (Å²) < 4.78 is 6.90. The molecule has 3 rings (SSSR count). The Morgan fingerprint density at radius 2 is 1.68 bits per heavy atom. The summed E-state index contributed by atoms with van der Waals surface area (Å²) in [6.45, 7) is 12.9. The van der Waals surface area contributed by atoms with E-state index in [-0.39, 0.29) is 30.4 Å². The first-order valence-electron chi connectivity index (χ1n) is 12.6. The largest absolute Gasteiger partial charge is 0.383 e. The number of benzene rings is 2. The molecule has 3 aromatic rings. The minimum absolute atomic E-state index is 0.136. The van der Waals surface area contributed by atoms with Crippen LogP contribution in [0.25, 0.3) is 5.69 Å². The van der Waals surface area contributed by atoms with Gasteiger partial charge in [0.25, 0.3) is 0 Å². The summed E-state index contributed by atoms with van der Waals surface area (Å²) >= 11 is 0. The first-order valence-corrected chi connectivity index (χ1v) is 12.6. The molecule has 0 fully saturated rings. The zero-order valence-corrected chi connectivity index (χ0v) is 23.0. The number of hydrogen-bond donors (Lipinski definition) is 2. The Bertz CT molecular complexity index is 1190. The molecule has 0 saturated carbocycles. The monoisotopic (exact) mass is 505 g/mol. The first kappa shape index (κ1) is 27.9. The normalized spacial score (nSPS) is 11.5. The highest BCUT2D eigenvalue weighted by Gasteiger charge is 2.23. The third-order valence-corrected chi connectivity index (χ3v) is 6.04. The van der Waals surface area contributed by atoms with E-state index < -0.39 is 0 Å². The van der Waals surface area contributed by atoms with Crippen LogP contribution in [0.15, 0.2) is 54.6 Å². The molecule has 0 aliphatic heterocycles. The Morgan fingerprint density at radius 1 is 1.03 bits per heavy atom. The van der Waals surface area contributed by atoms with E-state index in [2.05, 4.69) is 45.3 Å². The fourth-order valence-electron chi connectivity index (χ4n) is 3.68. The number of urea groups is 1. The fourth-order valence-corrected chi connectivity index (χ4v) is 3.68. The molecule has 37 heavy (non-hydrogen) atoms. The maximum atomic E-state index is 13.1. The highest BCUT2D eigenvalue weighted by atomic mass is 16.5. The lowest BCUT2D eigenvalue weighted by atomic mass is 9.92. The van der Waals surface area contributed by atoms with Crippen LogP contribution in [0, 0.1) is 6.92 Å². The van der Waals surface area contributed by atoms with Gasteiger partial charge in [0.2, 0.25) is 5.91 Å². The van der Waals surface area contributed by atoms with Gasteiger partial charge in [-0.1, -0.05) is 64.4 Å². The molecule has 3 amide bonds. The summed E-state index contributed by atoms with van der Waals surface area (Å²) in [7, 11) is 1.56. The van der Waals surface area contributed by atoms with Crippen LogP contribution >= 0.6 is 0 Å². The van der Waals surface area contributed by atoms with Crippen LogP contribution in [0.2, 0.25) is 0 Å².